The van der Waals surface area contributed by atoms with Gasteiger partial charge in [0, 0.05) is 31.2 Å². The fourth-order valence-corrected chi connectivity index (χ4v) is 2.91. The van der Waals surface area contributed by atoms with Crippen molar-refractivity contribution in [3.63, 3.8) is 0 Å². The summed E-state index contributed by atoms with van der Waals surface area (Å²) in [5, 5.41) is 15.5. The number of aryl methyl sites for hydroxylation is 1. The summed E-state index contributed by atoms with van der Waals surface area (Å²) in [5.41, 5.74) is 0.741. The van der Waals surface area contributed by atoms with Gasteiger partial charge in [0.05, 0.1) is 18.8 Å². The first-order valence-corrected chi connectivity index (χ1v) is 7.29. The summed E-state index contributed by atoms with van der Waals surface area (Å²) >= 11 is 0. The van der Waals surface area contributed by atoms with Crippen molar-refractivity contribution in [2.45, 2.75) is 32.4 Å². The van der Waals surface area contributed by atoms with Crippen molar-refractivity contribution in [2.75, 3.05) is 38.6 Å². The Hall–Kier alpha value is -1.44. The summed E-state index contributed by atoms with van der Waals surface area (Å²) in [6.07, 6.45) is 1.01. The summed E-state index contributed by atoms with van der Waals surface area (Å²) in [7, 11) is 2.01. The van der Waals surface area contributed by atoms with Crippen molar-refractivity contribution in [1.29, 1.82) is 0 Å². The number of carbonyl (C=O) groups is 1. The number of aromatic nitrogens is 1. The van der Waals surface area contributed by atoms with Crippen LogP contribution in [-0.4, -0.2) is 71.3 Å². The molecule has 0 saturated carbocycles. The number of anilines is 1. The largest absolute Gasteiger partial charge is 0.395 e. The Bertz CT molecular complexity index is 477. The molecule has 7 heteroatoms. The van der Waals surface area contributed by atoms with Crippen LogP contribution in [0.25, 0.3) is 0 Å². The molecule has 1 aromatic rings. The quantitative estimate of drug-likeness (QED) is 0.786. The Kier molecular flexibility index (Phi) is 5.33. The van der Waals surface area contributed by atoms with E-state index in [4.69, 9.17) is 9.63 Å². The van der Waals surface area contributed by atoms with E-state index in [0.717, 1.165) is 18.7 Å². The van der Waals surface area contributed by atoms with Gasteiger partial charge in [0.25, 0.3) is 0 Å². The molecule has 7 nitrogen and oxygen atoms in total. The van der Waals surface area contributed by atoms with E-state index in [1.165, 1.54) is 0 Å². The maximum atomic E-state index is 12.0. The van der Waals surface area contributed by atoms with Gasteiger partial charge in [0.15, 0.2) is 0 Å². The molecule has 2 N–H and O–H groups in total. The number of likely N-dealkylation sites (N-methyl/N-ethyl adjacent to an activating group) is 1. The van der Waals surface area contributed by atoms with E-state index >= 15 is 0 Å². The molecule has 2 atom stereocenters. The average Bonchev–Trinajstić information content (AvgIpc) is 2.97. The van der Waals surface area contributed by atoms with Crippen LogP contribution in [0.2, 0.25) is 0 Å². The SMILES string of the molecule is Cc1cc(NC(=O)CN2CC[C@@H](N(C)CCO)[C@H]2C)on1. The molecule has 118 valence electrons. The predicted molar refractivity (Wildman–Crippen MR) is 79.0 cm³/mol. The molecule has 0 spiro atoms. The van der Waals surface area contributed by atoms with Crippen LogP contribution < -0.4 is 5.32 Å². The molecule has 1 fully saturated rings. The molecular weight excluding hydrogens is 272 g/mol. The second-order valence-corrected chi connectivity index (χ2v) is 5.65. The van der Waals surface area contributed by atoms with Gasteiger partial charge < -0.3 is 9.63 Å². The Morgan fingerprint density at radius 1 is 1.67 bits per heavy atom. The van der Waals surface area contributed by atoms with Crippen LogP contribution in [0, 0.1) is 6.92 Å². The number of amides is 1. The zero-order valence-electron chi connectivity index (χ0n) is 12.9. The molecule has 0 radical (unpaired) electrons. The van der Waals surface area contributed by atoms with Crippen molar-refractivity contribution in [3.8, 4) is 0 Å². The average molecular weight is 296 g/mol. The number of likely N-dealkylation sites (tertiary alicyclic amines) is 1. The zero-order chi connectivity index (χ0) is 15.4. The molecule has 1 saturated heterocycles. The molecule has 1 aliphatic rings. The third kappa shape index (κ3) is 4.03. The molecular formula is C14H24N4O3. The van der Waals surface area contributed by atoms with Crippen molar-refractivity contribution in [3.05, 3.63) is 11.8 Å². The van der Waals surface area contributed by atoms with Gasteiger partial charge in [-0.3, -0.25) is 19.9 Å². The number of rotatable bonds is 6. The summed E-state index contributed by atoms with van der Waals surface area (Å²) < 4.78 is 4.98. The highest BCUT2D eigenvalue weighted by molar-refractivity contribution is 5.91. The summed E-state index contributed by atoms with van der Waals surface area (Å²) in [5.74, 6) is 0.293. The van der Waals surface area contributed by atoms with Crippen LogP contribution in [-0.2, 0) is 4.79 Å². The van der Waals surface area contributed by atoms with E-state index in [2.05, 4.69) is 27.2 Å². The maximum absolute atomic E-state index is 12.0. The monoisotopic (exact) mass is 296 g/mol. The van der Waals surface area contributed by atoms with E-state index < -0.39 is 0 Å². The molecule has 1 amide bonds. The van der Waals surface area contributed by atoms with E-state index in [1.54, 1.807) is 6.07 Å². The lowest BCUT2D eigenvalue weighted by Gasteiger charge is -2.30. The minimum atomic E-state index is -0.0940. The van der Waals surface area contributed by atoms with Crippen LogP contribution in [0.4, 0.5) is 5.88 Å². The first kappa shape index (κ1) is 15.9. The lowest BCUT2D eigenvalue weighted by atomic mass is 10.1. The van der Waals surface area contributed by atoms with E-state index in [1.807, 2.05) is 14.0 Å². The third-order valence-corrected chi connectivity index (χ3v) is 4.10. The van der Waals surface area contributed by atoms with Crippen LogP contribution >= 0.6 is 0 Å². The number of carbonyl (C=O) groups excluding carboxylic acids is 1. The van der Waals surface area contributed by atoms with Crippen molar-refractivity contribution in [1.82, 2.24) is 15.0 Å². The number of aliphatic hydroxyl groups is 1. The summed E-state index contributed by atoms with van der Waals surface area (Å²) in [6, 6.07) is 2.35. The topological polar surface area (TPSA) is 81.8 Å². The van der Waals surface area contributed by atoms with Gasteiger partial charge in [0.2, 0.25) is 11.8 Å². The molecule has 1 aliphatic heterocycles. The van der Waals surface area contributed by atoms with Gasteiger partial charge in [-0.2, -0.15) is 0 Å². The molecule has 0 aliphatic carbocycles. The fourth-order valence-electron chi connectivity index (χ4n) is 2.91. The fraction of sp³-hybridized carbons (Fsp3) is 0.714. The Morgan fingerprint density at radius 2 is 2.43 bits per heavy atom. The summed E-state index contributed by atoms with van der Waals surface area (Å²) in [4.78, 5) is 16.3. The Labute approximate surface area is 124 Å². The Balaban J connectivity index is 1.84. The lowest BCUT2D eigenvalue weighted by molar-refractivity contribution is -0.117. The van der Waals surface area contributed by atoms with E-state index in [0.29, 0.717) is 25.0 Å². The number of hydrogen-bond acceptors (Lipinski definition) is 6. The molecule has 0 bridgehead atoms. The first-order valence-electron chi connectivity index (χ1n) is 7.29. The van der Waals surface area contributed by atoms with Crippen LogP contribution in [0.15, 0.2) is 10.6 Å². The van der Waals surface area contributed by atoms with Gasteiger partial charge in [-0.1, -0.05) is 5.16 Å². The van der Waals surface area contributed by atoms with E-state index in [9.17, 15) is 4.79 Å². The van der Waals surface area contributed by atoms with Gasteiger partial charge in [-0.15, -0.1) is 0 Å². The van der Waals surface area contributed by atoms with Crippen molar-refractivity contribution >= 4 is 11.8 Å². The zero-order valence-corrected chi connectivity index (χ0v) is 12.9. The normalized spacial score (nSPS) is 22.9. The lowest BCUT2D eigenvalue weighted by Crippen LogP contribution is -2.44. The third-order valence-electron chi connectivity index (χ3n) is 4.10. The first-order chi connectivity index (χ1) is 10.0. The number of nitrogens with zero attached hydrogens (tertiary/aromatic N) is 3. The molecule has 0 unspecified atom stereocenters. The van der Waals surface area contributed by atoms with Crippen molar-refractivity contribution in [2.24, 2.45) is 0 Å². The van der Waals surface area contributed by atoms with E-state index in [-0.39, 0.29) is 18.6 Å². The van der Waals surface area contributed by atoms with Crippen molar-refractivity contribution < 1.29 is 14.4 Å². The number of hydrogen-bond donors (Lipinski definition) is 2. The smallest absolute Gasteiger partial charge is 0.240 e. The maximum Gasteiger partial charge on any atom is 0.240 e. The predicted octanol–water partition coefficient (Wildman–Crippen LogP) is 0.308. The molecule has 2 rings (SSSR count). The minimum Gasteiger partial charge on any atom is -0.395 e. The minimum absolute atomic E-state index is 0.0940. The van der Waals surface area contributed by atoms with Gasteiger partial charge >= 0.3 is 0 Å². The standard InChI is InChI=1S/C14H24N4O3/c1-10-8-14(21-16-10)15-13(20)9-18-5-4-12(11(18)2)17(3)6-7-19/h8,11-12,19H,4-7,9H2,1-3H3,(H,15,20)/t11-,12-/m1/s1. The van der Waals surface area contributed by atoms with Gasteiger partial charge in [-0.05, 0) is 27.3 Å². The summed E-state index contributed by atoms with van der Waals surface area (Å²) in [6.45, 7) is 5.97. The highest BCUT2D eigenvalue weighted by atomic mass is 16.5. The Morgan fingerprint density at radius 3 is 3.05 bits per heavy atom. The van der Waals surface area contributed by atoms with Gasteiger partial charge in [-0.25, -0.2) is 0 Å². The molecule has 0 aromatic carbocycles. The second kappa shape index (κ2) is 7.02. The second-order valence-electron chi connectivity index (χ2n) is 5.65. The molecule has 1 aromatic heterocycles. The number of aliphatic hydroxyl groups excluding tert-OH is 1. The molecule has 21 heavy (non-hydrogen) atoms. The van der Waals surface area contributed by atoms with Crippen LogP contribution in [0.1, 0.15) is 19.0 Å². The highest BCUT2D eigenvalue weighted by Crippen LogP contribution is 2.21. The van der Waals surface area contributed by atoms with Crippen LogP contribution in [0.5, 0.6) is 0 Å². The van der Waals surface area contributed by atoms with Crippen LogP contribution in [0.3, 0.4) is 0 Å². The molecule has 2 heterocycles. The number of nitrogens with one attached hydrogen (secondary N) is 1. The van der Waals surface area contributed by atoms with Gasteiger partial charge in [0.1, 0.15) is 0 Å². The highest BCUT2D eigenvalue weighted by Gasteiger charge is 2.33.